The number of nitrogens with zero attached hydrogens (tertiary/aromatic N) is 3. The van der Waals surface area contributed by atoms with Crippen LogP contribution in [0.2, 0.25) is 0 Å². The first-order valence-corrected chi connectivity index (χ1v) is 12.8. The highest BCUT2D eigenvalue weighted by molar-refractivity contribution is 7.90. The van der Waals surface area contributed by atoms with E-state index in [1.807, 2.05) is 31.2 Å². The molecule has 1 amide bonds. The summed E-state index contributed by atoms with van der Waals surface area (Å²) >= 11 is 1.34. The van der Waals surface area contributed by atoms with Gasteiger partial charge in [0.2, 0.25) is 0 Å². The molecule has 0 spiro atoms. The Morgan fingerprint density at radius 2 is 1.97 bits per heavy atom. The number of aromatic nitrogens is 1. The molecule has 3 aromatic rings. The van der Waals surface area contributed by atoms with Gasteiger partial charge in [-0.3, -0.25) is 14.6 Å². The number of ether oxygens (including phenoxy) is 1. The number of sulfone groups is 1. The van der Waals surface area contributed by atoms with Crippen molar-refractivity contribution in [3.63, 3.8) is 0 Å². The zero-order valence-corrected chi connectivity index (χ0v) is 19.2. The van der Waals surface area contributed by atoms with Crippen LogP contribution in [-0.4, -0.2) is 69.9 Å². The summed E-state index contributed by atoms with van der Waals surface area (Å²) in [5, 5.41) is 0.570. The molecule has 1 aliphatic heterocycles. The molecule has 9 heteroatoms. The van der Waals surface area contributed by atoms with E-state index < -0.39 is 9.84 Å². The second kappa shape index (κ2) is 9.04. The smallest absolute Gasteiger partial charge is 0.260 e. The SMILES string of the molecule is Cc1cccc(C(=O)N(CCN2CCOCC2)c2nc3ccc(S(C)(=O)=O)cc3s2)c1. The van der Waals surface area contributed by atoms with Gasteiger partial charge in [0.25, 0.3) is 5.91 Å². The molecule has 0 bridgehead atoms. The summed E-state index contributed by atoms with van der Waals surface area (Å²) in [4.78, 5) is 22.3. The van der Waals surface area contributed by atoms with Gasteiger partial charge in [-0.25, -0.2) is 13.4 Å². The number of thiazole rings is 1. The van der Waals surface area contributed by atoms with Crippen molar-refractivity contribution in [2.45, 2.75) is 11.8 Å². The van der Waals surface area contributed by atoms with Gasteiger partial charge >= 0.3 is 0 Å². The van der Waals surface area contributed by atoms with E-state index in [1.165, 1.54) is 17.6 Å². The van der Waals surface area contributed by atoms with E-state index in [1.54, 1.807) is 23.1 Å². The lowest BCUT2D eigenvalue weighted by atomic mass is 10.1. The summed E-state index contributed by atoms with van der Waals surface area (Å²) in [7, 11) is -3.31. The fourth-order valence-corrected chi connectivity index (χ4v) is 5.27. The van der Waals surface area contributed by atoms with Crippen LogP contribution in [0.25, 0.3) is 10.2 Å². The number of amides is 1. The molecule has 0 atom stereocenters. The summed E-state index contributed by atoms with van der Waals surface area (Å²) < 4.78 is 30.0. The number of aryl methyl sites for hydroxylation is 1. The van der Waals surface area contributed by atoms with Gasteiger partial charge in [0.1, 0.15) is 0 Å². The molecular weight excluding hydrogens is 434 g/mol. The number of hydrogen-bond acceptors (Lipinski definition) is 7. The molecule has 2 aromatic carbocycles. The first-order chi connectivity index (χ1) is 14.8. The number of morpholine rings is 1. The molecule has 0 aliphatic carbocycles. The maximum absolute atomic E-state index is 13.4. The van der Waals surface area contributed by atoms with Crippen molar-refractivity contribution in [2.75, 3.05) is 50.5 Å². The molecular formula is C22H25N3O4S2. The third-order valence-electron chi connectivity index (χ3n) is 5.26. The average molecular weight is 460 g/mol. The normalized spacial score (nSPS) is 15.3. The van der Waals surface area contributed by atoms with E-state index in [2.05, 4.69) is 9.88 Å². The third kappa shape index (κ3) is 5.12. The fraction of sp³-hybridized carbons (Fsp3) is 0.364. The van der Waals surface area contributed by atoms with Gasteiger partial charge in [0.15, 0.2) is 15.0 Å². The largest absolute Gasteiger partial charge is 0.379 e. The predicted octanol–water partition coefficient (Wildman–Crippen LogP) is 2.99. The van der Waals surface area contributed by atoms with Gasteiger partial charge in [0.05, 0.1) is 28.3 Å². The zero-order valence-electron chi connectivity index (χ0n) is 17.6. The summed E-state index contributed by atoms with van der Waals surface area (Å²) in [6.07, 6.45) is 1.19. The topological polar surface area (TPSA) is 79.8 Å². The van der Waals surface area contributed by atoms with Crippen molar-refractivity contribution in [1.29, 1.82) is 0 Å². The molecule has 31 heavy (non-hydrogen) atoms. The summed E-state index contributed by atoms with van der Waals surface area (Å²) in [5.74, 6) is -0.112. The van der Waals surface area contributed by atoms with Crippen LogP contribution in [0.3, 0.4) is 0 Å². The molecule has 1 fully saturated rings. The number of fused-ring (bicyclic) bond motifs is 1. The van der Waals surface area contributed by atoms with Crippen molar-refractivity contribution in [1.82, 2.24) is 9.88 Å². The highest BCUT2D eigenvalue weighted by Gasteiger charge is 2.23. The van der Waals surface area contributed by atoms with Crippen LogP contribution in [-0.2, 0) is 14.6 Å². The second-order valence-corrected chi connectivity index (χ2v) is 10.7. The van der Waals surface area contributed by atoms with Gasteiger partial charge in [-0.2, -0.15) is 0 Å². The highest BCUT2D eigenvalue weighted by Crippen LogP contribution is 2.31. The first kappa shape index (κ1) is 21.9. The van der Waals surface area contributed by atoms with Crippen LogP contribution in [0, 0.1) is 6.92 Å². The van der Waals surface area contributed by atoms with E-state index in [9.17, 15) is 13.2 Å². The maximum atomic E-state index is 13.4. The number of hydrogen-bond donors (Lipinski definition) is 0. The number of rotatable bonds is 6. The van der Waals surface area contributed by atoms with E-state index >= 15 is 0 Å². The molecule has 164 valence electrons. The molecule has 0 radical (unpaired) electrons. The van der Waals surface area contributed by atoms with Crippen LogP contribution in [0.15, 0.2) is 47.4 Å². The molecule has 4 rings (SSSR count). The van der Waals surface area contributed by atoms with E-state index in [-0.39, 0.29) is 10.8 Å². The lowest BCUT2D eigenvalue weighted by Crippen LogP contribution is -2.43. The van der Waals surface area contributed by atoms with Gasteiger partial charge in [0, 0.05) is 38.0 Å². The number of benzene rings is 2. The highest BCUT2D eigenvalue weighted by atomic mass is 32.2. The Morgan fingerprint density at radius 3 is 2.68 bits per heavy atom. The Kier molecular flexibility index (Phi) is 6.38. The zero-order chi connectivity index (χ0) is 22.0. The Morgan fingerprint density at radius 1 is 1.19 bits per heavy atom. The predicted molar refractivity (Wildman–Crippen MR) is 123 cm³/mol. The molecule has 7 nitrogen and oxygen atoms in total. The summed E-state index contributed by atoms with van der Waals surface area (Å²) in [6, 6.07) is 12.4. The van der Waals surface area contributed by atoms with Gasteiger partial charge in [-0.05, 0) is 37.3 Å². The van der Waals surface area contributed by atoms with Crippen LogP contribution >= 0.6 is 11.3 Å². The van der Waals surface area contributed by atoms with Crippen LogP contribution < -0.4 is 4.90 Å². The number of carbonyl (C=O) groups is 1. The fourth-order valence-electron chi connectivity index (χ4n) is 3.52. The lowest BCUT2D eigenvalue weighted by molar-refractivity contribution is 0.0391. The van der Waals surface area contributed by atoms with Gasteiger partial charge in [-0.1, -0.05) is 29.0 Å². The molecule has 0 unspecified atom stereocenters. The minimum absolute atomic E-state index is 0.112. The summed E-state index contributed by atoms with van der Waals surface area (Å²) in [5.41, 5.74) is 2.31. The van der Waals surface area contributed by atoms with Crippen molar-refractivity contribution in [2.24, 2.45) is 0 Å². The summed E-state index contributed by atoms with van der Waals surface area (Å²) in [6.45, 7) is 6.23. The van der Waals surface area contributed by atoms with Crippen molar-refractivity contribution < 1.29 is 17.9 Å². The first-order valence-electron chi connectivity index (χ1n) is 10.1. The molecule has 1 aromatic heterocycles. The molecule has 0 N–H and O–H groups in total. The minimum Gasteiger partial charge on any atom is -0.379 e. The standard InChI is InChI=1S/C22H25N3O4S2/c1-16-4-3-5-17(14-16)21(26)25(9-8-24-10-12-29-13-11-24)22-23-19-7-6-18(31(2,27)28)15-20(19)30-22/h3-7,14-15H,8-13H2,1-2H3. The molecule has 2 heterocycles. The van der Waals surface area contributed by atoms with Gasteiger partial charge < -0.3 is 4.74 Å². The Balaban J connectivity index is 1.67. The van der Waals surface area contributed by atoms with Crippen molar-refractivity contribution in [3.8, 4) is 0 Å². The number of carbonyl (C=O) groups excluding carboxylic acids is 1. The lowest BCUT2D eigenvalue weighted by Gasteiger charge is -2.29. The Labute approximate surface area is 186 Å². The molecule has 0 saturated carbocycles. The van der Waals surface area contributed by atoms with E-state index in [0.29, 0.717) is 42.5 Å². The van der Waals surface area contributed by atoms with Crippen LogP contribution in [0.1, 0.15) is 15.9 Å². The number of anilines is 1. The van der Waals surface area contributed by atoms with E-state index in [0.717, 1.165) is 23.4 Å². The van der Waals surface area contributed by atoms with Crippen molar-refractivity contribution >= 4 is 42.4 Å². The van der Waals surface area contributed by atoms with E-state index in [4.69, 9.17) is 4.74 Å². The molecule has 1 saturated heterocycles. The monoisotopic (exact) mass is 459 g/mol. The Bertz CT molecular complexity index is 1200. The maximum Gasteiger partial charge on any atom is 0.260 e. The van der Waals surface area contributed by atoms with Gasteiger partial charge in [-0.15, -0.1) is 0 Å². The average Bonchev–Trinajstić information content (AvgIpc) is 3.17. The second-order valence-electron chi connectivity index (χ2n) is 7.68. The van der Waals surface area contributed by atoms with Crippen LogP contribution in [0.4, 0.5) is 5.13 Å². The third-order valence-corrected chi connectivity index (χ3v) is 7.41. The minimum atomic E-state index is -3.31. The quantitative estimate of drug-likeness (QED) is 0.564. The van der Waals surface area contributed by atoms with Crippen LogP contribution in [0.5, 0.6) is 0 Å². The Hall–Kier alpha value is -2.33. The van der Waals surface area contributed by atoms with Crippen molar-refractivity contribution in [3.05, 3.63) is 53.6 Å². The molecule has 1 aliphatic rings.